The third-order valence-corrected chi connectivity index (χ3v) is 3.41. The summed E-state index contributed by atoms with van der Waals surface area (Å²) < 4.78 is 15.9. The van der Waals surface area contributed by atoms with Gasteiger partial charge in [-0.1, -0.05) is 0 Å². The molecule has 3 rings (SSSR count). The van der Waals surface area contributed by atoms with Crippen LogP contribution in [-0.4, -0.2) is 13.1 Å². The van der Waals surface area contributed by atoms with Gasteiger partial charge in [0.15, 0.2) is 0 Å². The number of hydrogen-bond donors (Lipinski definition) is 0. The molecule has 1 aromatic heterocycles. The lowest BCUT2D eigenvalue weighted by Gasteiger charge is -2.03. The molecule has 2 aromatic carbocycles. The number of nitriles is 1. The van der Waals surface area contributed by atoms with Crippen molar-refractivity contribution in [2.24, 2.45) is 0 Å². The van der Waals surface area contributed by atoms with Crippen LogP contribution in [0.5, 0.6) is 11.5 Å². The van der Waals surface area contributed by atoms with Crippen molar-refractivity contribution in [1.29, 1.82) is 5.26 Å². The highest BCUT2D eigenvalue weighted by Crippen LogP contribution is 2.26. The molecule has 1 heterocycles. The molecule has 114 valence electrons. The average molecular weight is 307 g/mol. The summed E-state index contributed by atoms with van der Waals surface area (Å²) in [5, 5.41) is 9.59. The first-order valence-electron chi connectivity index (χ1n) is 6.94. The summed E-state index contributed by atoms with van der Waals surface area (Å²) in [5.74, 6) is 0.704. The van der Waals surface area contributed by atoms with Crippen LogP contribution in [0.25, 0.3) is 11.0 Å². The van der Waals surface area contributed by atoms with Crippen molar-refractivity contribution < 1.29 is 18.7 Å². The van der Waals surface area contributed by atoms with Crippen LogP contribution in [0.4, 0.5) is 0 Å². The third-order valence-electron chi connectivity index (χ3n) is 3.41. The molecule has 0 aliphatic rings. The first-order valence-corrected chi connectivity index (χ1v) is 6.94. The number of methoxy groups -OCH3 is 1. The Hall–Kier alpha value is -3.26. The normalized spacial score (nSPS) is 10.3. The fraction of sp³-hybridized carbons (Fsp3) is 0.111. The van der Waals surface area contributed by atoms with Crippen molar-refractivity contribution in [2.75, 3.05) is 7.11 Å². The van der Waals surface area contributed by atoms with E-state index in [0.717, 1.165) is 10.9 Å². The summed E-state index contributed by atoms with van der Waals surface area (Å²) in [6.45, 7) is 0. The molecule has 0 N–H and O–H groups in total. The van der Waals surface area contributed by atoms with Crippen LogP contribution in [0.1, 0.15) is 11.1 Å². The minimum atomic E-state index is -0.395. The number of furan rings is 1. The van der Waals surface area contributed by atoms with Crippen molar-refractivity contribution in [3.05, 3.63) is 59.9 Å². The monoisotopic (exact) mass is 307 g/mol. The first-order chi connectivity index (χ1) is 11.2. The Bertz CT molecular complexity index is 888. The summed E-state index contributed by atoms with van der Waals surface area (Å²) in [4.78, 5) is 12.0. The molecule has 5 heteroatoms. The molecule has 0 radical (unpaired) electrons. The van der Waals surface area contributed by atoms with Crippen LogP contribution >= 0.6 is 0 Å². The van der Waals surface area contributed by atoms with Crippen molar-refractivity contribution in [1.82, 2.24) is 0 Å². The first kappa shape index (κ1) is 14.7. The van der Waals surface area contributed by atoms with E-state index in [9.17, 15) is 4.79 Å². The fourth-order valence-corrected chi connectivity index (χ4v) is 2.25. The molecule has 23 heavy (non-hydrogen) atoms. The molecular weight excluding hydrogens is 294 g/mol. The fourth-order valence-electron chi connectivity index (χ4n) is 2.25. The van der Waals surface area contributed by atoms with E-state index < -0.39 is 5.97 Å². The van der Waals surface area contributed by atoms with E-state index >= 15 is 0 Å². The lowest BCUT2D eigenvalue weighted by atomic mass is 10.1. The second-order valence-corrected chi connectivity index (χ2v) is 4.91. The summed E-state index contributed by atoms with van der Waals surface area (Å²) in [7, 11) is 1.58. The van der Waals surface area contributed by atoms with Crippen LogP contribution < -0.4 is 9.47 Å². The zero-order valence-electron chi connectivity index (χ0n) is 12.4. The number of carbonyl (C=O) groups is 1. The van der Waals surface area contributed by atoms with E-state index in [4.69, 9.17) is 19.2 Å². The lowest BCUT2D eigenvalue weighted by Crippen LogP contribution is -2.10. The molecular formula is C18H13NO4. The average Bonchev–Trinajstić information content (AvgIpc) is 2.97. The van der Waals surface area contributed by atoms with Crippen LogP contribution in [-0.2, 0) is 11.2 Å². The smallest absolute Gasteiger partial charge is 0.315 e. The molecule has 0 unspecified atom stereocenters. The molecule has 0 atom stereocenters. The molecule has 0 spiro atoms. The largest absolute Gasteiger partial charge is 0.497 e. The van der Waals surface area contributed by atoms with E-state index in [2.05, 4.69) is 0 Å². The van der Waals surface area contributed by atoms with E-state index in [1.807, 2.05) is 18.2 Å². The van der Waals surface area contributed by atoms with Gasteiger partial charge in [0, 0.05) is 17.0 Å². The van der Waals surface area contributed by atoms with Crippen molar-refractivity contribution in [3.63, 3.8) is 0 Å². The number of fused-ring (bicyclic) bond motifs is 1. The molecule has 0 aliphatic carbocycles. The second kappa shape index (κ2) is 6.24. The van der Waals surface area contributed by atoms with Crippen LogP contribution in [0, 0.1) is 11.3 Å². The minimum absolute atomic E-state index is 0.0966. The predicted octanol–water partition coefficient (Wildman–Crippen LogP) is 3.46. The highest BCUT2D eigenvalue weighted by Gasteiger charge is 2.13. The summed E-state index contributed by atoms with van der Waals surface area (Å²) >= 11 is 0. The SMILES string of the molecule is COc1ccc2c(CC(=O)Oc3ccc(C#N)cc3)coc2c1. The van der Waals surface area contributed by atoms with Gasteiger partial charge in [-0.25, -0.2) is 0 Å². The van der Waals surface area contributed by atoms with Gasteiger partial charge in [-0.05, 0) is 36.4 Å². The van der Waals surface area contributed by atoms with Gasteiger partial charge < -0.3 is 13.9 Å². The van der Waals surface area contributed by atoms with Gasteiger partial charge in [0.1, 0.15) is 17.1 Å². The zero-order valence-corrected chi connectivity index (χ0v) is 12.4. The Kier molecular flexibility index (Phi) is 3.98. The Morgan fingerprint density at radius 3 is 2.61 bits per heavy atom. The van der Waals surface area contributed by atoms with Gasteiger partial charge >= 0.3 is 5.97 Å². The lowest BCUT2D eigenvalue weighted by molar-refractivity contribution is -0.133. The summed E-state index contributed by atoms with van der Waals surface area (Å²) in [5.41, 5.74) is 1.92. The predicted molar refractivity (Wildman–Crippen MR) is 83.3 cm³/mol. The Balaban J connectivity index is 1.73. The number of carbonyl (C=O) groups excluding carboxylic acids is 1. The highest BCUT2D eigenvalue weighted by atomic mass is 16.5. The van der Waals surface area contributed by atoms with Gasteiger partial charge in [-0.3, -0.25) is 4.79 Å². The molecule has 0 aliphatic heterocycles. The van der Waals surface area contributed by atoms with E-state index in [-0.39, 0.29) is 6.42 Å². The standard InChI is InChI=1S/C18H13NO4/c1-21-15-6-7-16-13(11-22-17(16)9-15)8-18(20)23-14-4-2-12(10-19)3-5-14/h2-7,9,11H,8H2,1H3. The maximum absolute atomic E-state index is 12.0. The molecule has 5 nitrogen and oxygen atoms in total. The summed E-state index contributed by atoms with van der Waals surface area (Å²) in [6, 6.07) is 13.8. The Morgan fingerprint density at radius 2 is 1.91 bits per heavy atom. The summed E-state index contributed by atoms with van der Waals surface area (Å²) in [6.07, 6.45) is 1.64. The molecule has 0 saturated heterocycles. The van der Waals surface area contributed by atoms with Crippen LogP contribution in [0.2, 0.25) is 0 Å². The maximum atomic E-state index is 12.0. The maximum Gasteiger partial charge on any atom is 0.315 e. The highest BCUT2D eigenvalue weighted by molar-refractivity contribution is 5.87. The number of hydrogen-bond acceptors (Lipinski definition) is 5. The van der Waals surface area contributed by atoms with Crippen molar-refractivity contribution >= 4 is 16.9 Å². The van der Waals surface area contributed by atoms with Gasteiger partial charge in [-0.15, -0.1) is 0 Å². The van der Waals surface area contributed by atoms with Crippen LogP contribution in [0.15, 0.2) is 53.1 Å². The number of esters is 1. The van der Waals surface area contributed by atoms with Crippen LogP contribution in [0.3, 0.4) is 0 Å². The minimum Gasteiger partial charge on any atom is -0.497 e. The quantitative estimate of drug-likeness (QED) is 0.545. The molecule has 3 aromatic rings. The molecule has 0 amide bonds. The third kappa shape index (κ3) is 3.16. The van der Waals surface area contributed by atoms with Gasteiger partial charge in [0.25, 0.3) is 0 Å². The molecule has 0 fully saturated rings. The Morgan fingerprint density at radius 1 is 1.17 bits per heavy atom. The van der Waals surface area contributed by atoms with E-state index in [1.165, 1.54) is 0 Å². The van der Waals surface area contributed by atoms with E-state index in [0.29, 0.717) is 22.6 Å². The second-order valence-electron chi connectivity index (χ2n) is 4.91. The number of benzene rings is 2. The molecule has 0 saturated carbocycles. The van der Waals surface area contributed by atoms with Crippen molar-refractivity contribution in [3.8, 4) is 17.6 Å². The zero-order chi connectivity index (χ0) is 16.2. The number of ether oxygens (including phenoxy) is 2. The number of nitrogens with zero attached hydrogens (tertiary/aromatic N) is 1. The van der Waals surface area contributed by atoms with Crippen molar-refractivity contribution in [2.45, 2.75) is 6.42 Å². The number of rotatable bonds is 4. The van der Waals surface area contributed by atoms with E-state index in [1.54, 1.807) is 43.7 Å². The molecule has 0 bridgehead atoms. The Labute approximate surface area is 132 Å². The van der Waals surface area contributed by atoms with Gasteiger partial charge in [-0.2, -0.15) is 5.26 Å². The van der Waals surface area contributed by atoms with Gasteiger partial charge in [0.2, 0.25) is 0 Å². The topological polar surface area (TPSA) is 72.5 Å². The van der Waals surface area contributed by atoms with Gasteiger partial charge in [0.05, 0.1) is 31.4 Å².